The molecule has 2 aromatic rings. The van der Waals surface area contributed by atoms with Gasteiger partial charge in [0, 0.05) is 18.0 Å². The molecule has 1 amide bonds. The van der Waals surface area contributed by atoms with E-state index in [4.69, 9.17) is 9.47 Å². The summed E-state index contributed by atoms with van der Waals surface area (Å²) in [7, 11) is -3.62. The zero-order chi connectivity index (χ0) is 23.8. The second-order valence-corrected chi connectivity index (χ2v) is 11.0. The van der Waals surface area contributed by atoms with Crippen LogP contribution < -0.4 is 14.8 Å². The van der Waals surface area contributed by atoms with Gasteiger partial charge >= 0.3 is 0 Å². The Balaban J connectivity index is 1.73. The summed E-state index contributed by atoms with van der Waals surface area (Å²) >= 11 is 1.39. The van der Waals surface area contributed by atoms with Crippen LogP contribution in [0.1, 0.15) is 40.0 Å². The van der Waals surface area contributed by atoms with E-state index in [9.17, 15) is 13.2 Å². The van der Waals surface area contributed by atoms with Crippen LogP contribution in [0.3, 0.4) is 0 Å². The standard InChI is InChI=1S/C24H32N2O5S2/c1-4-30-19-8-10-20(11-9-19)32-17-24(27)25-22-16-21(12-13-23(22)31-18(2)3)33(28,29)26-14-6-5-7-15-26/h8-13,16,18H,4-7,14-15,17H2,1-3H3,(H,25,27). The molecule has 33 heavy (non-hydrogen) atoms. The highest BCUT2D eigenvalue weighted by Gasteiger charge is 2.27. The Morgan fingerprint density at radius 1 is 1.09 bits per heavy atom. The lowest BCUT2D eigenvalue weighted by Gasteiger charge is -2.26. The van der Waals surface area contributed by atoms with Crippen molar-refractivity contribution in [2.45, 2.75) is 55.9 Å². The van der Waals surface area contributed by atoms with Gasteiger partial charge in [-0.2, -0.15) is 4.31 Å². The van der Waals surface area contributed by atoms with Gasteiger partial charge < -0.3 is 14.8 Å². The molecule has 0 atom stereocenters. The summed E-state index contributed by atoms with van der Waals surface area (Å²) in [5.74, 6) is 1.17. The summed E-state index contributed by atoms with van der Waals surface area (Å²) in [4.78, 5) is 13.8. The van der Waals surface area contributed by atoms with Crippen LogP contribution in [0, 0.1) is 0 Å². The number of ether oxygens (including phenoxy) is 2. The Morgan fingerprint density at radius 3 is 2.42 bits per heavy atom. The second-order valence-electron chi connectivity index (χ2n) is 8.03. The summed E-state index contributed by atoms with van der Waals surface area (Å²) in [6.45, 7) is 7.33. The van der Waals surface area contributed by atoms with Gasteiger partial charge in [0.1, 0.15) is 11.5 Å². The van der Waals surface area contributed by atoms with Crippen LogP contribution in [-0.4, -0.2) is 50.2 Å². The van der Waals surface area contributed by atoms with Crippen LogP contribution in [0.4, 0.5) is 5.69 Å². The van der Waals surface area contributed by atoms with E-state index in [-0.39, 0.29) is 22.7 Å². The van der Waals surface area contributed by atoms with Crippen LogP contribution in [0.5, 0.6) is 11.5 Å². The molecule has 1 aliphatic heterocycles. The molecule has 0 bridgehead atoms. The molecule has 180 valence electrons. The number of nitrogens with zero attached hydrogens (tertiary/aromatic N) is 1. The van der Waals surface area contributed by atoms with Gasteiger partial charge in [0.15, 0.2) is 0 Å². The quantitative estimate of drug-likeness (QED) is 0.481. The topological polar surface area (TPSA) is 84.9 Å². The van der Waals surface area contributed by atoms with E-state index in [1.165, 1.54) is 22.1 Å². The molecule has 1 aliphatic rings. The molecule has 3 rings (SSSR count). The molecular weight excluding hydrogens is 460 g/mol. The fourth-order valence-corrected chi connectivity index (χ4v) is 5.75. The lowest BCUT2D eigenvalue weighted by atomic mass is 10.2. The van der Waals surface area contributed by atoms with E-state index in [1.54, 1.807) is 12.1 Å². The highest BCUT2D eigenvalue weighted by atomic mass is 32.2. The highest BCUT2D eigenvalue weighted by Crippen LogP contribution is 2.31. The minimum atomic E-state index is -3.62. The lowest BCUT2D eigenvalue weighted by Crippen LogP contribution is -2.35. The van der Waals surface area contributed by atoms with E-state index in [1.807, 2.05) is 45.0 Å². The van der Waals surface area contributed by atoms with E-state index in [2.05, 4.69) is 5.32 Å². The number of nitrogens with one attached hydrogen (secondary N) is 1. The summed E-state index contributed by atoms with van der Waals surface area (Å²) in [6, 6.07) is 12.2. The van der Waals surface area contributed by atoms with Crippen molar-refractivity contribution < 1.29 is 22.7 Å². The van der Waals surface area contributed by atoms with E-state index >= 15 is 0 Å². The minimum Gasteiger partial charge on any atom is -0.494 e. The SMILES string of the molecule is CCOc1ccc(SCC(=O)Nc2cc(S(=O)(=O)N3CCCCC3)ccc2OC(C)C)cc1. The largest absolute Gasteiger partial charge is 0.494 e. The van der Waals surface area contributed by atoms with Crippen molar-refractivity contribution in [1.82, 2.24) is 4.31 Å². The smallest absolute Gasteiger partial charge is 0.243 e. The number of thioether (sulfide) groups is 1. The van der Waals surface area contributed by atoms with Crippen LogP contribution >= 0.6 is 11.8 Å². The maximum absolute atomic E-state index is 13.1. The number of anilines is 1. The molecule has 7 nitrogen and oxygen atoms in total. The molecule has 2 aromatic carbocycles. The lowest BCUT2D eigenvalue weighted by molar-refractivity contribution is -0.113. The van der Waals surface area contributed by atoms with Gasteiger partial charge in [-0.25, -0.2) is 8.42 Å². The molecule has 9 heteroatoms. The van der Waals surface area contributed by atoms with Crippen LogP contribution in [0.2, 0.25) is 0 Å². The van der Waals surface area contributed by atoms with Crippen molar-refractivity contribution >= 4 is 33.4 Å². The fraction of sp³-hybridized carbons (Fsp3) is 0.458. The van der Waals surface area contributed by atoms with Crippen molar-refractivity contribution in [2.24, 2.45) is 0 Å². The first kappa shape index (κ1) is 25.4. The van der Waals surface area contributed by atoms with Gasteiger partial charge in [-0.1, -0.05) is 6.42 Å². The van der Waals surface area contributed by atoms with Gasteiger partial charge in [-0.15, -0.1) is 11.8 Å². The van der Waals surface area contributed by atoms with Crippen LogP contribution in [-0.2, 0) is 14.8 Å². The predicted molar refractivity (Wildman–Crippen MR) is 132 cm³/mol. The second kappa shape index (κ2) is 11.8. The number of benzene rings is 2. The third-order valence-corrected chi connectivity index (χ3v) is 7.95. The molecule has 0 spiro atoms. The monoisotopic (exact) mass is 492 g/mol. The highest BCUT2D eigenvalue weighted by molar-refractivity contribution is 8.00. The molecule has 1 N–H and O–H groups in total. The van der Waals surface area contributed by atoms with Crippen molar-refractivity contribution in [1.29, 1.82) is 0 Å². The Kier molecular flexibility index (Phi) is 9.05. The van der Waals surface area contributed by atoms with Gasteiger partial charge in [0.25, 0.3) is 0 Å². The number of rotatable bonds is 10. The normalized spacial score (nSPS) is 14.8. The minimum absolute atomic E-state index is 0.122. The third-order valence-electron chi connectivity index (χ3n) is 5.05. The molecule has 0 saturated carbocycles. The van der Waals surface area contributed by atoms with Crippen LogP contribution in [0.25, 0.3) is 0 Å². The Bertz CT molecular complexity index is 1030. The first-order valence-corrected chi connectivity index (χ1v) is 13.7. The van der Waals surface area contributed by atoms with E-state index in [0.29, 0.717) is 31.1 Å². The number of piperidine rings is 1. The molecule has 1 heterocycles. The third kappa shape index (κ3) is 7.12. The number of carbonyl (C=O) groups is 1. The zero-order valence-electron chi connectivity index (χ0n) is 19.4. The first-order chi connectivity index (χ1) is 15.8. The summed E-state index contributed by atoms with van der Waals surface area (Å²) in [5.41, 5.74) is 0.360. The van der Waals surface area contributed by atoms with Crippen molar-refractivity contribution in [3.8, 4) is 11.5 Å². The molecule has 1 saturated heterocycles. The van der Waals surface area contributed by atoms with E-state index in [0.717, 1.165) is 29.9 Å². The van der Waals surface area contributed by atoms with Gasteiger partial charge in [-0.05, 0) is 76.1 Å². The number of hydrogen-bond donors (Lipinski definition) is 1. The number of amides is 1. The molecular formula is C24H32N2O5S2. The number of sulfonamides is 1. The summed E-state index contributed by atoms with van der Waals surface area (Å²) < 4.78 is 39.0. The predicted octanol–water partition coefficient (Wildman–Crippen LogP) is 4.78. The van der Waals surface area contributed by atoms with Gasteiger partial charge in [0.2, 0.25) is 15.9 Å². The summed E-state index contributed by atoms with van der Waals surface area (Å²) in [6.07, 6.45) is 2.64. The van der Waals surface area contributed by atoms with Crippen molar-refractivity contribution in [3.63, 3.8) is 0 Å². The van der Waals surface area contributed by atoms with Crippen molar-refractivity contribution in [3.05, 3.63) is 42.5 Å². The molecule has 0 aliphatic carbocycles. The average Bonchev–Trinajstić information content (AvgIpc) is 2.80. The average molecular weight is 493 g/mol. The maximum Gasteiger partial charge on any atom is 0.243 e. The van der Waals surface area contributed by atoms with Crippen LogP contribution in [0.15, 0.2) is 52.3 Å². The molecule has 0 aromatic heterocycles. The molecule has 1 fully saturated rings. The van der Waals surface area contributed by atoms with Gasteiger partial charge in [0.05, 0.1) is 29.0 Å². The van der Waals surface area contributed by atoms with Crippen molar-refractivity contribution in [2.75, 3.05) is 30.8 Å². The maximum atomic E-state index is 13.1. The number of carbonyl (C=O) groups excluding carboxylic acids is 1. The summed E-state index contributed by atoms with van der Waals surface area (Å²) in [5, 5.41) is 2.84. The first-order valence-electron chi connectivity index (χ1n) is 11.3. The molecule has 0 radical (unpaired) electrons. The Hall–Kier alpha value is -2.23. The Labute approximate surface area is 200 Å². The van der Waals surface area contributed by atoms with E-state index < -0.39 is 10.0 Å². The Morgan fingerprint density at radius 2 is 1.79 bits per heavy atom. The van der Waals surface area contributed by atoms with Gasteiger partial charge in [-0.3, -0.25) is 4.79 Å². The zero-order valence-corrected chi connectivity index (χ0v) is 21.0. The number of hydrogen-bond acceptors (Lipinski definition) is 6. The fourth-order valence-electron chi connectivity index (χ4n) is 3.51. The molecule has 0 unspecified atom stereocenters.